The van der Waals surface area contributed by atoms with Gasteiger partial charge in [-0.05, 0) is 43.7 Å². The number of benzene rings is 1. The maximum atomic E-state index is 13.7. The molecular formula is C23H23FN4O3. The second-order valence-electron chi connectivity index (χ2n) is 8.21. The predicted octanol–water partition coefficient (Wildman–Crippen LogP) is 3.74. The third-order valence-electron chi connectivity index (χ3n) is 5.42. The first-order valence-electron chi connectivity index (χ1n) is 10.0. The number of nitrogens with zero attached hydrogens (tertiary/aromatic N) is 3. The summed E-state index contributed by atoms with van der Waals surface area (Å²) in [4.78, 5) is 30.9. The molecule has 0 aliphatic carbocycles. The Morgan fingerprint density at radius 1 is 1.29 bits per heavy atom. The van der Waals surface area contributed by atoms with Gasteiger partial charge >= 0.3 is 5.97 Å². The zero-order chi connectivity index (χ0) is 22.3. The van der Waals surface area contributed by atoms with E-state index in [1.165, 1.54) is 29.3 Å². The molecule has 0 spiro atoms. The van der Waals surface area contributed by atoms with Crippen molar-refractivity contribution in [2.75, 3.05) is 13.2 Å². The minimum atomic E-state index is -0.570. The number of H-pyrrole nitrogens is 1. The molecule has 0 saturated heterocycles. The van der Waals surface area contributed by atoms with E-state index < -0.39 is 11.4 Å². The minimum Gasteiger partial charge on any atom is -0.462 e. The zero-order valence-electron chi connectivity index (χ0n) is 17.8. The van der Waals surface area contributed by atoms with Gasteiger partial charge < -0.3 is 14.6 Å². The summed E-state index contributed by atoms with van der Waals surface area (Å²) in [5.74, 6) is -1.26. The standard InChI is InChI=1S/C23H23FN4O3/c1-5-31-22(30)15-11-28(21(29)14-6-7-16(24)13(2)10-14)12-23(3,4)18-19(15)26-17-8-9-25-27-20(17)18/h6-11,26H,5,12H2,1-4H3. The fourth-order valence-electron chi connectivity index (χ4n) is 4.00. The van der Waals surface area contributed by atoms with Gasteiger partial charge in [0.15, 0.2) is 0 Å². The van der Waals surface area contributed by atoms with E-state index in [-0.39, 0.29) is 30.4 Å². The molecule has 31 heavy (non-hydrogen) atoms. The molecule has 1 aliphatic rings. The number of hydrogen-bond donors (Lipinski definition) is 1. The lowest BCUT2D eigenvalue weighted by molar-refractivity contribution is -0.136. The normalized spacial score (nSPS) is 15.3. The van der Waals surface area contributed by atoms with Crippen molar-refractivity contribution in [2.45, 2.75) is 33.1 Å². The van der Waals surface area contributed by atoms with Gasteiger partial charge in [-0.3, -0.25) is 4.79 Å². The number of nitrogens with one attached hydrogen (secondary N) is 1. The Kier molecular flexibility index (Phi) is 5.08. The number of aryl methyl sites for hydroxylation is 1. The number of fused-ring (bicyclic) bond motifs is 3. The highest BCUT2D eigenvalue weighted by atomic mass is 19.1. The van der Waals surface area contributed by atoms with Crippen molar-refractivity contribution in [3.05, 3.63) is 64.9 Å². The van der Waals surface area contributed by atoms with Crippen LogP contribution < -0.4 is 0 Å². The summed E-state index contributed by atoms with van der Waals surface area (Å²) < 4.78 is 19.0. The first kappa shape index (κ1) is 20.7. The van der Waals surface area contributed by atoms with E-state index in [2.05, 4.69) is 15.2 Å². The summed E-state index contributed by atoms with van der Waals surface area (Å²) in [7, 11) is 0. The average molecular weight is 422 g/mol. The Hall–Kier alpha value is -3.55. The van der Waals surface area contributed by atoms with E-state index >= 15 is 0 Å². The topological polar surface area (TPSA) is 88.2 Å². The van der Waals surface area contributed by atoms with Crippen molar-refractivity contribution in [2.24, 2.45) is 0 Å². The molecular weight excluding hydrogens is 399 g/mol. The van der Waals surface area contributed by atoms with Crippen LogP contribution in [-0.2, 0) is 14.9 Å². The minimum absolute atomic E-state index is 0.194. The Morgan fingerprint density at radius 2 is 2.06 bits per heavy atom. The van der Waals surface area contributed by atoms with Gasteiger partial charge in [-0.1, -0.05) is 13.8 Å². The number of amides is 1. The average Bonchev–Trinajstić information content (AvgIpc) is 3.07. The van der Waals surface area contributed by atoms with Crippen LogP contribution in [0.25, 0.3) is 16.6 Å². The van der Waals surface area contributed by atoms with Crippen molar-refractivity contribution < 1.29 is 18.7 Å². The molecule has 8 heteroatoms. The van der Waals surface area contributed by atoms with Crippen LogP contribution in [0, 0.1) is 12.7 Å². The predicted molar refractivity (Wildman–Crippen MR) is 114 cm³/mol. The SMILES string of the molecule is CCOC(=O)C1=CN(C(=O)c2ccc(F)c(C)c2)CC(C)(C)c2c1[nH]c1ccnnc21. The monoisotopic (exact) mass is 422 g/mol. The second-order valence-corrected chi connectivity index (χ2v) is 8.21. The zero-order valence-corrected chi connectivity index (χ0v) is 17.8. The fraction of sp³-hybridized carbons (Fsp3) is 0.304. The van der Waals surface area contributed by atoms with Crippen LogP contribution in [0.2, 0.25) is 0 Å². The third-order valence-corrected chi connectivity index (χ3v) is 5.42. The molecule has 1 N–H and O–H groups in total. The van der Waals surface area contributed by atoms with Crippen molar-refractivity contribution in [3.8, 4) is 0 Å². The fourth-order valence-corrected chi connectivity index (χ4v) is 4.00. The summed E-state index contributed by atoms with van der Waals surface area (Å²) in [5, 5.41) is 8.27. The molecule has 160 valence electrons. The Morgan fingerprint density at radius 3 is 2.77 bits per heavy atom. The number of ether oxygens (including phenoxy) is 1. The van der Waals surface area contributed by atoms with Crippen LogP contribution in [0.3, 0.4) is 0 Å². The van der Waals surface area contributed by atoms with Crippen molar-refractivity contribution in [1.29, 1.82) is 0 Å². The Bertz CT molecular complexity index is 1230. The number of aromatic nitrogens is 3. The molecule has 0 fully saturated rings. The van der Waals surface area contributed by atoms with Crippen LogP contribution in [0.15, 0.2) is 36.7 Å². The molecule has 3 heterocycles. The maximum Gasteiger partial charge on any atom is 0.341 e. The van der Waals surface area contributed by atoms with Gasteiger partial charge in [0.25, 0.3) is 5.91 Å². The maximum absolute atomic E-state index is 13.7. The van der Waals surface area contributed by atoms with Crippen LogP contribution in [0.4, 0.5) is 4.39 Å². The molecule has 1 amide bonds. The first-order valence-corrected chi connectivity index (χ1v) is 10.0. The molecule has 1 aliphatic heterocycles. The number of esters is 1. The highest BCUT2D eigenvalue weighted by molar-refractivity contribution is 6.18. The lowest BCUT2D eigenvalue weighted by Gasteiger charge is -2.29. The van der Waals surface area contributed by atoms with Gasteiger partial charge in [-0.25, -0.2) is 9.18 Å². The summed E-state index contributed by atoms with van der Waals surface area (Å²) in [6.45, 7) is 7.76. The quantitative estimate of drug-likeness (QED) is 0.650. The van der Waals surface area contributed by atoms with E-state index in [0.717, 1.165) is 11.1 Å². The smallest absolute Gasteiger partial charge is 0.341 e. The van der Waals surface area contributed by atoms with E-state index in [4.69, 9.17) is 4.74 Å². The second kappa shape index (κ2) is 7.61. The highest BCUT2D eigenvalue weighted by Gasteiger charge is 2.38. The van der Waals surface area contributed by atoms with Gasteiger partial charge in [-0.2, -0.15) is 5.10 Å². The summed E-state index contributed by atoms with van der Waals surface area (Å²) in [6, 6.07) is 6.02. The van der Waals surface area contributed by atoms with E-state index in [1.54, 1.807) is 26.1 Å². The number of hydrogen-bond acceptors (Lipinski definition) is 5. The van der Waals surface area contributed by atoms with Crippen LogP contribution in [0.1, 0.15) is 48.0 Å². The Balaban J connectivity index is 1.89. The summed E-state index contributed by atoms with van der Waals surface area (Å²) in [6.07, 6.45) is 3.08. The molecule has 0 radical (unpaired) electrons. The molecule has 0 bridgehead atoms. The lowest BCUT2D eigenvalue weighted by Crippen LogP contribution is -2.37. The van der Waals surface area contributed by atoms with Gasteiger partial charge in [0.1, 0.15) is 11.3 Å². The van der Waals surface area contributed by atoms with E-state index in [1.807, 2.05) is 13.8 Å². The molecule has 0 atom stereocenters. The largest absolute Gasteiger partial charge is 0.462 e. The Labute approximate surface area is 178 Å². The number of carbonyl (C=O) groups is 2. The molecule has 3 aromatic rings. The summed E-state index contributed by atoms with van der Waals surface area (Å²) >= 11 is 0. The van der Waals surface area contributed by atoms with Gasteiger partial charge in [0.2, 0.25) is 0 Å². The molecule has 7 nitrogen and oxygen atoms in total. The van der Waals surface area contributed by atoms with Gasteiger partial charge in [0, 0.05) is 29.3 Å². The van der Waals surface area contributed by atoms with Gasteiger partial charge in [-0.15, -0.1) is 5.10 Å². The van der Waals surface area contributed by atoms with Crippen molar-refractivity contribution in [1.82, 2.24) is 20.1 Å². The van der Waals surface area contributed by atoms with Crippen molar-refractivity contribution in [3.63, 3.8) is 0 Å². The van der Waals surface area contributed by atoms with Crippen LogP contribution in [0.5, 0.6) is 0 Å². The van der Waals surface area contributed by atoms with Crippen molar-refractivity contribution >= 4 is 28.5 Å². The first-order chi connectivity index (χ1) is 14.7. The van der Waals surface area contributed by atoms with Gasteiger partial charge in [0.05, 0.1) is 29.6 Å². The number of aromatic amines is 1. The molecule has 0 unspecified atom stereocenters. The van der Waals surface area contributed by atoms with Crippen LogP contribution >= 0.6 is 0 Å². The molecule has 4 rings (SSSR count). The number of rotatable bonds is 3. The number of halogens is 1. The lowest BCUT2D eigenvalue weighted by atomic mass is 9.83. The highest BCUT2D eigenvalue weighted by Crippen LogP contribution is 2.39. The molecule has 1 aromatic carbocycles. The number of carbonyl (C=O) groups excluding carboxylic acids is 2. The summed E-state index contributed by atoms with van der Waals surface area (Å²) in [5.41, 5.74) is 3.11. The third kappa shape index (κ3) is 3.58. The molecule has 2 aromatic heterocycles. The van der Waals surface area contributed by atoms with E-state index in [9.17, 15) is 14.0 Å². The van der Waals surface area contributed by atoms with E-state index in [0.29, 0.717) is 22.3 Å². The van der Waals surface area contributed by atoms with Crippen LogP contribution in [-0.4, -0.2) is 45.1 Å². The molecule has 0 saturated carbocycles.